The number of nitrogens with zero attached hydrogens (tertiary/aromatic N) is 15. The van der Waals surface area contributed by atoms with Gasteiger partial charge >= 0.3 is 29.8 Å². The molecule has 5 N–H and O–H groups in total. The van der Waals surface area contributed by atoms with Crippen molar-refractivity contribution in [1.29, 1.82) is 0 Å². The Kier molecular flexibility index (Phi) is 28.1. The Bertz CT molecular complexity index is 6150. The van der Waals surface area contributed by atoms with Gasteiger partial charge in [0.25, 0.3) is 0 Å². The lowest BCUT2D eigenvalue weighted by Gasteiger charge is -2.15. The minimum atomic E-state index is -0.886. The van der Waals surface area contributed by atoms with Crippen LogP contribution in [0.2, 0.25) is 0 Å². The van der Waals surface area contributed by atoms with Crippen LogP contribution in [-0.2, 0) is 30.4 Å². The number of hydrogen-bond acceptors (Lipinski definition) is 20. The molecule has 586 valence electrons. The molecule has 10 aromatic carbocycles. The summed E-state index contributed by atoms with van der Waals surface area (Å²) in [5.41, 5.74) is 9.94. The lowest BCUT2D eigenvalue weighted by Crippen LogP contribution is -2.04. The number of carboxylic acid groups (broad SMARTS) is 5. The third-order valence-electron chi connectivity index (χ3n) is 18.1. The van der Waals surface area contributed by atoms with E-state index in [1.165, 1.54) is 81.2 Å². The number of thioether (sulfide) groups is 5. The Balaban J connectivity index is 0.000000125. The summed E-state index contributed by atoms with van der Waals surface area (Å²) in [6.07, 6.45) is 6.96. The second kappa shape index (κ2) is 38.6. The van der Waals surface area contributed by atoms with Gasteiger partial charge in [0, 0.05) is 21.5 Å². The summed E-state index contributed by atoms with van der Waals surface area (Å²) in [4.78, 5) is 54.2. The van der Waals surface area contributed by atoms with Crippen LogP contribution in [0.3, 0.4) is 0 Å². The highest BCUT2D eigenvalue weighted by Crippen LogP contribution is 2.48. The summed E-state index contributed by atoms with van der Waals surface area (Å²) in [6.45, 7) is 4.23. The van der Waals surface area contributed by atoms with Gasteiger partial charge in [-0.1, -0.05) is 230 Å². The van der Waals surface area contributed by atoms with E-state index in [1.54, 1.807) is 0 Å². The van der Waals surface area contributed by atoms with E-state index in [-0.39, 0.29) is 28.8 Å². The highest BCUT2D eigenvalue weighted by Gasteiger charge is 2.31. The molecule has 0 unspecified atom stereocenters. The molecule has 2 aliphatic carbocycles. The van der Waals surface area contributed by atoms with Crippen molar-refractivity contribution in [1.82, 2.24) is 73.8 Å². The zero-order valence-electron chi connectivity index (χ0n) is 60.7. The Labute approximate surface area is 720 Å². The number of aromatic nitrogens is 15. The first-order chi connectivity index (χ1) is 55.6. The predicted molar refractivity (Wildman–Crippen MR) is 467 cm³/mol. The fraction of sp³-hybridized carbons (Fsp3) is 0.188. The third-order valence-corrected chi connectivity index (χ3v) is 25.2. The number of aryl methyl sites for hydroxylation is 2. The molecule has 5 aromatic heterocycles. The SMILES string of the molecule is CCCc1ccc(-n2c(Br)nnc2SCC(=O)O)c2ccccc12.Cc1ccc(-n2c(Br)nnc2SCC(=O)O)c2ccccc12.O=C(O)CSc1nnc(Br)n1-c1ccc2ccccc2c1C1CC1.O=C(O)CSc1nnc(Br)n1-c1cccc2c(C3CC3)cccc12.O=C(O)CSc1nnc(Br)n1-c1cccc2ccccc12. The van der Waals surface area contributed by atoms with Crippen LogP contribution in [-0.4, -0.2) is 158 Å². The molecule has 2 saturated carbocycles. The molecule has 0 bridgehead atoms. The minimum Gasteiger partial charge on any atom is -0.481 e. The normalized spacial score (nSPS) is 12.3. The van der Waals surface area contributed by atoms with Crippen molar-refractivity contribution in [2.24, 2.45) is 0 Å². The summed E-state index contributed by atoms with van der Waals surface area (Å²) >= 11 is 22.9. The van der Waals surface area contributed by atoms with Crippen LogP contribution in [0, 0.1) is 6.92 Å². The summed E-state index contributed by atoms with van der Waals surface area (Å²) < 4.78 is 12.1. The number of carboxylic acids is 5. The summed E-state index contributed by atoms with van der Waals surface area (Å²) in [7, 11) is 0. The number of hydrogen-bond donors (Lipinski definition) is 5. The first-order valence-corrected chi connectivity index (χ1v) is 44.3. The monoisotopic (exact) mass is 1950 g/mol. The van der Waals surface area contributed by atoms with Crippen LogP contribution in [0.5, 0.6) is 0 Å². The molecule has 0 radical (unpaired) electrons. The van der Waals surface area contributed by atoms with Crippen LogP contribution in [0.4, 0.5) is 0 Å². The summed E-state index contributed by atoms with van der Waals surface area (Å²) in [5.74, 6) is -3.47. The summed E-state index contributed by atoms with van der Waals surface area (Å²) in [5, 5.41) is 99.4. The molecule has 35 heteroatoms. The Morgan fingerprint density at radius 1 is 0.330 bits per heavy atom. The number of carbonyl (C=O) groups is 5. The average Bonchev–Trinajstić information content (AvgIpc) is 1.61. The number of benzene rings is 10. The van der Waals surface area contributed by atoms with Crippen molar-refractivity contribution in [3.05, 3.63) is 234 Å². The molecule has 25 nitrogen and oxygen atoms in total. The molecule has 0 saturated heterocycles. The molecule has 0 spiro atoms. The van der Waals surface area contributed by atoms with Crippen molar-refractivity contribution in [3.63, 3.8) is 0 Å². The van der Waals surface area contributed by atoms with Gasteiger partial charge < -0.3 is 25.5 Å². The first kappa shape index (κ1) is 83.6. The number of rotatable bonds is 24. The number of halogens is 5. The molecule has 2 fully saturated rings. The van der Waals surface area contributed by atoms with Crippen LogP contribution < -0.4 is 0 Å². The lowest BCUT2D eigenvalue weighted by molar-refractivity contribution is -0.134. The topological polar surface area (TPSA) is 340 Å². The maximum absolute atomic E-state index is 10.9. The minimum absolute atomic E-state index is 0.0442. The zero-order valence-corrected chi connectivity index (χ0v) is 72.8. The molecule has 2 aliphatic rings. The predicted octanol–water partition coefficient (Wildman–Crippen LogP) is 19.8. The van der Waals surface area contributed by atoms with Gasteiger partial charge in [-0.25, -0.2) is 0 Å². The van der Waals surface area contributed by atoms with Gasteiger partial charge in [-0.15, -0.1) is 51.0 Å². The van der Waals surface area contributed by atoms with Crippen molar-refractivity contribution in [2.45, 2.75) is 90.0 Å². The molecule has 17 rings (SSSR count). The van der Waals surface area contributed by atoms with Crippen LogP contribution in [0.1, 0.15) is 73.1 Å². The molecule has 5 heterocycles. The Morgan fingerprint density at radius 2 is 0.643 bits per heavy atom. The first-order valence-electron chi connectivity index (χ1n) is 35.5. The van der Waals surface area contributed by atoms with Gasteiger partial charge in [-0.2, -0.15) is 0 Å². The molecule has 115 heavy (non-hydrogen) atoms. The van der Waals surface area contributed by atoms with Crippen molar-refractivity contribution in [3.8, 4) is 28.4 Å². The van der Waals surface area contributed by atoms with Gasteiger partial charge in [-0.05, 0) is 215 Å². The van der Waals surface area contributed by atoms with E-state index in [0.717, 1.165) is 121 Å². The van der Waals surface area contributed by atoms with E-state index >= 15 is 0 Å². The highest BCUT2D eigenvalue weighted by molar-refractivity contribution is 9.11. The lowest BCUT2D eigenvalue weighted by atomic mass is 9.99. The van der Waals surface area contributed by atoms with Crippen molar-refractivity contribution in [2.75, 3.05) is 28.8 Å². The molecule has 0 aliphatic heterocycles. The maximum Gasteiger partial charge on any atom is 0.313 e. The smallest absolute Gasteiger partial charge is 0.313 e. The Morgan fingerprint density at radius 3 is 1.09 bits per heavy atom. The van der Waals surface area contributed by atoms with E-state index in [2.05, 4.69) is 223 Å². The van der Waals surface area contributed by atoms with Crippen LogP contribution in [0.25, 0.3) is 82.3 Å². The quantitative estimate of drug-likeness (QED) is 0.0351. The zero-order chi connectivity index (χ0) is 81.0. The number of fused-ring (bicyclic) bond motifs is 5. The fourth-order valence-electron chi connectivity index (χ4n) is 13.0. The average molecular weight is 1960 g/mol. The van der Waals surface area contributed by atoms with E-state index in [1.807, 2.05) is 132 Å². The molecular formula is C80H66Br5N15O10S5. The fourth-order valence-corrected chi connectivity index (χ4v) is 19.1. The van der Waals surface area contributed by atoms with Crippen molar-refractivity contribution < 1.29 is 49.5 Å². The van der Waals surface area contributed by atoms with E-state index < -0.39 is 29.8 Å². The Hall–Kier alpha value is -9.30. The van der Waals surface area contributed by atoms with Gasteiger partial charge in [0.05, 0.1) is 57.2 Å². The van der Waals surface area contributed by atoms with E-state index in [0.29, 0.717) is 61.3 Å². The standard InChI is InChI=1S/2C17H14BrN3O2S.C17H16BrN3O2S.C15H12BrN3O2S.C14H10BrN3O2S/c18-16-19-20-17(24-9-15(22)23)21(16)14-6-2-4-12-11(10-7-8-10)3-1-5-13(12)14;18-16-19-20-17(24-9-14(22)23)21(16)13-8-7-10-3-1-2-4-12(10)15(13)11-5-6-11;1-2-5-11-8-9-14(13-7-4-3-6-12(11)13)21-16(18)19-20-17(21)24-10-15(22)23;1-9-6-7-12(11-5-3-2-4-10(9)11)19-14(16)17-18-15(19)22-8-13(20)21;15-13-16-17-14(21-8-12(19)20)18(13)11-7-3-5-9-4-1-2-6-10(9)11/h1-6,10H,7-9H2,(H,22,23);1-4,7-8,11H,5-6,9H2,(H,22,23);3-4,6-9H,2,5,10H2,1H3,(H,22,23);2-7H,8H2,1H3,(H,20,21);1-7H,8H2,(H,19,20). The highest BCUT2D eigenvalue weighted by atomic mass is 79.9. The van der Waals surface area contributed by atoms with Crippen molar-refractivity contribution >= 4 is 222 Å². The van der Waals surface area contributed by atoms with Gasteiger partial charge in [0.15, 0.2) is 25.8 Å². The second-order valence-corrected chi connectivity index (χ2v) is 34.1. The summed E-state index contributed by atoms with van der Waals surface area (Å²) in [6, 6.07) is 63.5. The molecule has 15 aromatic rings. The van der Waals surface area contributed by atoms with Crippen LogP contribution >= 0.6 is 138 Å². The largest absolute Gasteiger partial charge is 0.481 e. The molecular weight excluding hydrogens is 1890 g/mol. The van der Waals surface area contributed by atoms with Crippen LogP contribution in [0.15, 0.2) is 238 Å². The third kappa shape index (κ3) is 20.0. The number of aliphatic carboxylic acids is 5. The molecule has 0 atom stereocenters. The van der Waals surface area contributed by atoms with Gasteiger partial charge in [0.1, 0.15) is 0 Å². The van der Waals surface area contributed by atoms with Gasteiger partial charge in [0.2, 0.25) is 23.7 Å². The molecule has 0 amide bonds. The van der Waals surface area contributed by atoms with E-state index in [4.69, 9.17) is 25.5 Å². The van der Waals surface area contributed by atoms with E-state index in [9.17, 15) is 24.0 Å². The van der Waals surface area contributed by atoms with Gasteiger partial charge in [-0.3, -0.25) is 46.8 Å². The second-order valence-electron chi connectivity index (χ2n) is 25.8. The maximum atomic E-state index is 10.9.